The second kappa shape index (κ2) is 30.2. The van der Waals surface area contributed by atoms with Crippen LogP contribution in [0.25, 0.3) is 0 Å². The molecule has 0 spiro atoms. The number of unbranched alkanes of at least 4 members (excludes halogenated alkanes) is 22. The fourth-order valence-corrected chi connectivity index (χ4v) is 6.20. The molecule has 0 N–H and O–H groups in total. The Morgan fingerprint density at radius 1 is 0.571 bits per heavy atom. The van der Waals surface area contributed by atoms with Gasteiger partial charge >= 0.3 is 5.97 Å². The van der Waals surface area contributed by atoms with Crippen molar-refractivity contribution < 1.29 is 14.0 Å². The fourth-order valence-electron chi connectivity index (χ4n) is 6.20. The van der Waals surface area contributed by atoms with Crippen molar-refractivity contribution in [2.75, 3.05) is 33.3 Å². The van der Waals surface area contributed by atoms with Crippen molar-refractivity contribution in [1.82, 2.24) is 0 Å². The number of rotatable bonds is 33. The molecule has 0 aromatic rings. The summed E-state index contributed by atoms with van der Waals surface area (Å²) < 4.78 is 6.48. The molecule has 3 nitrogen and oxygen atoms in total. The van der Waals surface area contributed by atoms with E-state index in [1.54, 1.807) is 6.92 Å². The predicted octanol–water partition coefficient (Wildman–Crippen LogP) is 12.4. The number of ether oxygens (including phenoxy) is 1. The van der Waals surface area contributed by atoms with E-state index in [2.05, 4.69) is 34.4 Å². The maximum absolute atomic E-state index is 11.4. The summed E-state index contributed by atoms with van der Waals surface area (Å²) in [7, 11) is 2.55. The van der Waals surface area contributed by atoms with Crippen LogP contribution in [0.2, 0.25) is 0 Å². The summed E-state index contributed by atoms with van der Waals surface area (Å²) in [5.41, 5.74) is 0.495. The molecule has 0 saturated carbocycles. The molecule has 0 bridgehead atoms. The van der Waals surface area contributed by atoms with Crippen molar-refractivity contribution in [3.05, 3.63) is 12.2 Å². The predicted molar refractivity (Wildman–Crippen MR) is 187 cm³/mol. The van der Waals surface area contributed by atoms with Gasteiger partial charge in [-0.05, 0) is 57.8 Å². The first kappa shape index (κ1) is 41.2. The third-order valence-corrected chi connectivity index (χ3v) is 9.20. The van der Waals surface area contributed by atoms with Crippen molar-refractivity contribution >= 4 is 5.97 Å². The van der Waals surface area contributed by atoms with E-state index >= 15 is 0 Å². The monoisotopic (exact) mass is 593 g/mol. The van der Waals surface area contributed by atoms with Crippen LogP contribution in [-0.4, -0.2) is 43.7 Å². The summed E-state index contributed by atoms with van der Waals surface area (Å²) >= 11 is 0. The molecule has 0 aliphatic heterocycles. The number of carbonyl (C=O) groups is 1. The highest BCUT2D eigenvalue weighted by Gasteiger charge is 2.20. The molecule has 0 aliphatic rings. The Kier molecular flexibility index (Phi) is 29.6. The van der Waals surface area contributed by atoms with Crippen LogP contribution in [0.1, 0.15) is 195 Å². The lowest BCUT2D eigenvalue weighted by atomic mass is 10.0. The van der Waals surface area contributed by atoms with Crippen molar-refractivity contribution in [3.8, 4) is 0 Å². The first-order valence-electron chi connectivity index (χ1n) is 19.0. The Balaban J connectivity index is 3.83. The highest BCUT2D eigenvalue weighted by Crippen LogP contribution is 2.18. The topological polar surface area (TPSA) is 26.3 Å². The lowest BCUT2D eigenvalue weighted by molar-refractivity contribution is -0.910. The van der Waals surface area contributed by atoms with Crippen LogP contribution in [0.4, 0.5) is 0 Å². The van der Waals surface area contributed by atoms with E-state index in [4.69, 9.17) is 4.74 Å². The molecule has 3 heteroatoms. The molecular formula is C39H78NO2+. The summed E-state index contributed by atoms with van der Waals surface area (Å²) in [5, 5.41) is 0. The van der Waals surface area contributed by atoms with E-state index in [0.717, 1.165) is 18.8 Å². The van der Waals surface area contributed by atoms with Crippen LogP contribution in [0, 0.1) is 5.92 Å². The minimum Gasteiger partial charge on any atom is -0.462 e. The third-order valence-electron chi connectivity index (χ3n) is 9.20. The van der Waals surface area contributed by atoms with Gasteiger partial charge in [-0.3, -0.25) is 0 Å². The maximum Gasteiger partial charge on any atom is 0.333 e. The summed E-state index contributed by atoms with van der Waals surface area (Å²) in [6.45, 7) is 17.0. The van der Waals surface area contributed by atoms with Gasteiger partial charge in [0.25, 0.3) is 0 Å². The smallest absolute Gasteiger partial charge is 0.333 e. The van der Waals surface area contributed by atoms with Crippen molar-refractivity contribution in [3.63, 3.8) is 0 Å². The number of esters is 1. The Bertz CT molecular complexity index is 601. The zero-order chi connectivity index (χ0) is 31.2. The van der Waals surface area contributed by atoms with Crippen LogP contribution in [0.15, 0.2) is 12.2 Å². The first-order valence-corrected chi connectivity index (χ1v) is 19.0. The second-order valence-corrected chi connectivity index (χ2v) is 14.4. The molecule has 0 aromatic heterocycles. The van der Waals surface area contributed by atoms with Crippen molar-refractivity contribution in [2.45, 2.75) is 195 Å². The first-order chi connectivity index (χ1) is 20.3. The van der Waals surface area contributed by atoms with Gasteiger partial charge in [-0.15, -0.1) is 0 Å². The summed E-state index contributed by atoms with van der Waals surface area (Å²) in [5.74, 6) is 0.576. The number of hydrogen-bond donors (Lipinski definition) is 0. The van der Waals surface area contributed by atoms with Gasteiger partial charge in [0.1, 0.15) is 0 Å². The van der Waals surface area contributed by atoms with Gasteiger partial charge in [0, 0.05) is 5.57 Å². The highest BCUT2D eigenvalue weighted by atomic mass is 16.5. The van der Waals surface area contributed by atoms with Gasteiger partial charge in [-0.1, -0.05) is 149 Å². The molecule has 42 heavy (non-hydrogen) atoms. The van der Waals surface area contributed by atoms with E-state index in [1.807, 2.05) is 0 Å². The van der Waals surface area contributed by atoms with Gasteiger partial charge in [-0.2, -0.15) is 0 Å². The van der Waals surface area contributed by atoms with Gasteiger partial charge in [-0.25, -0.2) is 4.79 Å². The van der Waals surface area contributed by atoms with Gasteiger partial charge in [0.05, 0.1) is 33.3 Å². The SMILES string of the molecule is C=C(C)C(=O)OCCCCCCCCCC[N+](C)(CCCCCCCCCCCCCCCCCC)CCCC(C)C. The molecule has 0 heterocycles. The minimum atomic E-state index is -0.251. The number of quaternary nitrogens is 1. The van der Waals surface area contributed by atoms with E-state index < -0.39 is 0 Å². The zero-order valence-corrected chi connectivity index (χ0v) is 29.8. The molecule has 1 atom stereocenters. The normalized spacial score (nSPS) is 13.0. The molecule has 0 aromatic carbocycles. The average Bonchev–Trinajstić information content (AvgIpc) is 2.95. The van der Waals surface area contributed by atoms with Crippen LogP contribution in [0.3, 0.4) is 0 Å². The lowest BCUT2D eigenvalue weighted by Crippen LogP contribution is -2.46. The summed E-state index contributed by atoms with van der Waals surface area (Å²) in [6.07, 6.45) is 36.1. The fraction of sp³-hybridized carbons (Fsp3) is 0.923. The molecular weight excluding hydrogens is 514 g/mol. The Morgan fingerprint density at radius 3 is 1.26 bits per heavy atom. The molecule has 1 unspecified atom stereocenters. The van der Waals surface area contributed by atoms with E-state index in [-0.39, 0.29) is 5.97 Å². The lowest BCUT2D eigenvalue weighted by Gasteiger charge is -2.35. The Morgan fingerprint density at radius 2 is 0.905 bits per heavy atom. The number of carbonyl (C=O) groups excluding carboxylic acids is 1. The third kappa shape index (κ3) is 29.3. The largest absolute Gasteiger partial charge is 0.462 e. The Hall–Kier alpha value is -0.830. The Labute approximate surface area is 265 Å². The van der Waals surface area contributed by atoms with E-state index in [0.29, 0.717) is 12.2 Å². The maximum atomic E-state index is 11.4. The number of hydrogen-bond acceptors (Lipinski definition) is 2. The second-order valence-electron chi connectivity index (χ2n) is 14.4. The van der Waals surface area contributed by atoms with Crippen LogP contribution in [-0.2, 0) is 9.53 Å². The minimum absolute atomic E-state index is 0.251. The van der Waals surface area contributed by atoms with E-state index in [9.17, 15) is 4.79 Å². The molecule has 0 aliphatic carbocycles. The van der Waals surface area contributed by atoms with Gasteiger partial charge < -0.3 is 9.22 Å². The average molecular weight is 593 g/mol. The van der Waals surface area contributed by atoms with Crippen LogP contribution in [0.5, 0.6) is 0 Å². The van der Waals surface area contributed by atoms with Crippen LogP contribution < -0.4 is 0 Å². The number of nitrogens with zero attached hydrogens (tertiary/aromatic N) is 1. The van der Waals surface area contributed by atoms with Gasteiger partial charge in [0.15, 0.2) is 0 Å². The van der Waals surface area contributed by atoms with Crippen molar-refractivity contribution in [2.24, 2.45) is 5.92 Å². The molecule has 0 rings (SSSR count). The van der Waals surface area contributed by atoms with Gasteiger partial charge in [0.2, 0.25) is 0 Å². The summed E-state index contributed by atoms with van der Waals surface area (Å²) in [4.78, 5) is 11.4. The molecule has 250 valence electrons. The van der Waals surface area contributed by atoms with Crippen molar-refractivity contribution in [1.29, 1.82) is 0 Å². The highest BCUT2D eigenvalue weighted by molar-refractivity contribution is 5.86. The summed E-state index contributed by atoms with van der Waals surface area (Å²) in [6, 6.07) is 0. The zero-order valence-electron chi connectivity index (χ0n) is 29.8. The standard InChI is InChI=1S/C39H78NO2/c1-7-8-9-10-11-12-13-14-15-16-17-18-19-22-25-28-33-40(6,35-31-32-37(2)3)34-29-26-23-20-21-24-27-30-36-42-39(41)38(4)5/h37H,4,7-36H2,1-3,5-6H3/q+1. The quantitative estimate of drug-likeness (QED) is 0.0328. The van der Waals surface area contributed by atoms with E-state index in [1.165, 1.54) is 178 Å². The molecule has 0 amide bonds. The molecule has 0 radical (unpaired) electrons. The van der Waals surface area contributed by atoms with Crippen LogP contribution >= 0.6 is 0 Å². The molecule has 0 fully saturated rings. The molecule has 0 saturated heterocycles.